The maximum Gasteiger partial charge on any atom is 0.338 e. The first-order chi connectivity index (χ1) is 11.5. The molecule has 0 saturated carbocycles. The minimum atomic E-state index is -0.706. The summed E-state index contributed by atoms with van der Waals surface area (Å²) in [7, 11) is 2.80. The van der Waals surface area contributed by atoms with Crippen LogP contribution in [0.5, 0.6) is 11.5 Å². The molecule has 0 radical (unpaired) electrons. The van der Waals surface area contributed by atoms with Crippen LogP contribution in [0.1, 0.15) is 15.9 Å². The minimum Gasteiger partial charge on any atom is -0.496 e. The second-order valence-corrected chi connectivity index (χ2v) is 5.11. The number of nitrogens with zero attached hydrogens (tertiary/aromatic N) is 1. The van der Waals surface area contributed by atoms with Crippen molar-refractivity contribution < 1.29 is 23.9 Å². The molecule has 0 aliphatic heterocycles. The number of carbonyl (C=O) groups excluding carboxylic acids is 1. The van der Waals surface area contributed by atoms with E-state index in [-0.39, 0.29) is 23.6 Å². The molecule has 2 aromatic carbocycles. The molecule has 0 aliphatic carbocycles. The molecule has 0 unspecified atom stereocenters. The third-order valence-corrected chi connectivity index (χ3v) is 3.45. The normalized spacial score (nSPS) is 10.1. The van der Waals surface area contributed by atoms with Gasteiger partial charge in [0.2, 0.25) is 0 Å². The number of ether oxygens (including phenoxy) is 3. The van der Waals surface area contributed by atoms with Crippen LogP contribution in [-0.4, -0.2) is 25.1 Å². The van der Waals surface area contributed by atoms with Crippen molar-refractivity contribution in [1.29, 1.82) is 0 Å². The average Bonchev–Trinajstić information content (AvgIpc) is 2.59. The Bertz CT molecular complexity index is 777. The summed E-state index contributed by atoms with van der Waals surface area (Å²) in [5, 5.41) is 11.5. The number of methoxy groups -OCH3 is 2. The summed E-state index contributed by atoms with van der Waals surface area (Å²) in [6, 6.07) is 8.76. The van der Waals surface area contributed by atoms with E-state index < -0.39 is 10.9 Å². The number of benzene rings is 2. The van der Waals surface area contributed by atoms with Gasteiger partial charge < -0.3 is 14.2 Å². The van der Waals surface area contributed by atoms with Crippen molar-refractivity contribution in [3.8, 4) is 11.5 Å². The van der Waals surface area contributed by atoms with Crippen molar-refractivity contribution in [1.82, 2.24) is 0 Å². The first-order valence-corrected chi connectivity index (χ1v) is 7.16. The summed E-state index contributed by atoms with van der Waals surface area (Å²) >= 11 is 5.91. The predicted molar refractivity (Wildman–Crippen MR) is 86.8 cm³/mol. The quantitative estimate of drug-likeness (QED) is 0.448. The minimum absolute atomic E-state index is 0.0449. The summed E-state index contributed by atoms with van der Waals surface area (Å²) in [5.74, 6) is -0.122. The van der Waals surface area contributed by atoms with Crippen LogP contribution in [-0.2, 0) is 11.3 Å². The van der Waals surface area contributed by atoms with E-state index in [0.717, 1.165) is 6.07 Å². The highest BCUT2D eigenvalue weighted by Gasteiger charge is 2.19. The number of nitro groups is 1. The number of nitro benzene ring substituents is 1. The Morgan fingerprint density at radius 2 is 1.79 bits per heavy atom. The van der Waals surface area contributed by atoms with Crippen LogP contribution in [0, 0.1) is 10.1 Å². The Hall–Kier alpha value is -2.80. The molecule has 0 aromatic heterocycles. The van der Waals surface area contributed by atoms with Crippen LogP contribution < -0.4 is 9.47 Å². The van der Waals surface area contributed by atoms with Gasteiger partial charge in [-0.25, -0.2) is 4.79 Å². The van der Waals surface area contributed by atoms with Crippen molar-refractivity contribution in [2.24, 2.45) is 0 Å². The molecule has 8 heteroatoms. The second-order valence-electron chi connectivity index (χ2n) is 4.68. The Balaban J connectivity index is 2.17. The number of hydrogen-bond donors (Lipinski definition) is 0. The largest absolute Gasteiger partial charge is 0.496 e. The van der Waals surface area contributed by atoms with E-state index in [1.807, 2.05) is 0 Å². The fourth-order valence-electron chi connectivity index (χ4n) is 2.05. The lowest BCUT2D eigenvalue weighted by molar-refractivity contribution is -0.385. The summed E-state index contributed by atoms with van der Waals surface area (Å²) in [5.41, 5.74) is 0.317. The van der Waals surface area contributed by atoms with Crippen LogP contribution in [0.25, 0.3) is 0 Å². The Kier molecular flexibility index (Phi) is 5.59. The molecule has 0 aliphatic rings. The summed E-state index contributed by atoms with van der Waals surface area (Å²) in [6.07, 6.45) is 0. The van der Waals surface area contributed by atoms with Crippen molar-refractivity contribution in [2.45, 2.75) is 6.61 Å². The zero-order valence-corrected chi connectivity index (χ0v) is 13.7. The number of hydrogen-bond acceptors (Lipinski definition) is 6. The molecule has 24 heavy (non-hydrogen) atoms. The van der Waals surface area contributed by atoms with Gasteiger partial charge in [-0.3, -0.25) is 10.1 Å². The van der Waals surface area contributed by atoms with Gasteiger partial charge in [-0.2, -0.15) is 0 Å². The molecule has 0 fully saturated rings. The molecular weight excluding hydrogens is 338 g/mol. The molecule has 0 bridgehead atoms. The molecule has 126 valence electrons. The monoisotopic (exact) mass is 351 g/mol. The van der Waals surface area contributed by atoms with E-state index in [1.54, 1.807) is 18.2 Å². The van der Waals surface area contributed by atoms with E-state index in [4.69, 9.17) is 25.8 Å². The van der Waals surface area contributed by atoms with E-state index >= 15 is 0 Å². The van der Waals surface area contributed by atoms with Crippen molar-refractivity contribution in [3.05, 3.63) is 62.7 Å². The van der Waals surface area contributed by atoms with E-state index in [0.29, 0.717) is 16.3 Å². The molecule has 0 heterocycles. The fourth-order valence-corrected chi connectivity index (χ4v) is 2.24. The zero-order chi connectivity index (χ0) is 17.7. The van der Waals surface area contributed by atoms with Gasteiger partial charge in [-0.05, 0) is 30.3 Å². The fraction of sp³-hybridized carbons (Fsp3) is 0.188. The highest BCUT2D eigenvalue weighted by Crippen LogP contribution is 2.28. The van der Waals surface area contributed by atoms with Crippen molar-refractivity contribution >= 4 is 23.3 Å². The van der Waals surface area contributed by atoms with Gasteiger partial charge in [0.1, 0.15) is 12.4 Å². The smallest absolute Gasteiger partial charge is 0.338 e. The van der Waals surface area contributed by atoms with Crippen molar-refractivity contribution in [2.75, 3.05) is 14.2 Å². The molecule has 0 N–H and O–H groups in total. The highest BCUT2D eigenvalue weighted by molar-refractivity contribution is 6.30. The van der Waals surface area contributed by atoms with Gasteiger partial charge in [-0.1, -0.05) is 11.6 Å². The topological polar surface area (TPSA) is 87.9 Å². The average molecular weight is 352 g/mol. The number of halogens is 1. The Labute approximate surface area is 142 Å². The third-order valence-electron chi connectivity index (χ3n) is 3.21. The van der Waals surface area contributed by atoms with Crippen LogP contribution in [0.15, 0.2) is 36.4 Å². The molecule has 2 aromatic rings. The van der Waals surface area contributed by atoms with E-state index in [2.05, 4.69) is 0 Å². The molecule has 0 saturated heterocycles. The van der Waals surface area contributed by atoms with Gasteiger partial charge in [0.25, 0.3) is 0 Å². The summed E-state index contributed by atoms with van der Waals surface area (Å²) < 4.78 is 15.2. The number of carbonyl (C=O) groups is 1. The lowest BCUT2D eigenvalue weighted by Crippen LogP contribution is -2.07. The van der Waals surface area contributed by atoms with Gasteiger partial charge in [0.15, 0.2) is 5.75 Å². The highest BCUT2D eigenvalue weighted by atomic mass is 35.5. The van der Waals surface area contributed by atoms with Crippen LogP contribution in [0.2, 0.25) is 5.02 Å². The van der Waals surface area contributed by atoms with Gasteiger partial charge >= 0.3 is 11.7 Å². The zero-order valence-electron chi connectivity index (χ0n) is 12.9. The van der Waals surface area contributed by atoms with Crippen LogP contribution in [0.3, 0.4) is 0 Å². The lowest BCUT2D eigenvalue weighted by Gasteiger charge is -2.10. The van der Waals surface area contributed by atoms with E-state index in [1.165, 1.54) is 26.4 Å². The first kappa shape index (κ1) is 17.6. The predicted octanol–water partition coefficient (Wildman–Crippen LogP) is 3.62. The van der Waals surface area contributed by atoms with Gasteiger partial charge in [-0.15, -0.1) is 0 Å². The lowest BCUT2D eigenvalue weighted by atomic mass is 10.2. The maximum absolute atomic E-state index is 12.1. The standard InChI is InChI=1S/C16H14ClNO6/c1-22-14-6-4-12(17)7-11(14)9-24-16(19)10-3-5-15(23-2)13(8-10)18(20)21/h3-8H,9H2,1-2H3. The third kappa shape index (κ3) is 3.94. The van der Waals surface area contributed by atoms with Crippen LogP contribution in [0.4, 0.5) is 5.69 Å². The summed E-state index contributed by atoms with van der Waals surface area (Å²) in [6.45, 7) is -0.0810. The van der Waals surface area contributed by atoms with E-state index in [9.17, 15) is 14.9 Å². The maximum atomic E-state index is 12.1. The molecule has 0 spiro atoms. The van der Waals surface area contributed by atoms with Gasteiger partial charge in [0.05, 0.1) is 24.7 Å². The van der Waals surface area contributed by atoms with Crippen LogP contribution >= 0.6 is 11.6 Å². The molecular formula is C16H14ClNO6. The SMILES string of the molecule is COc1ccc(Cl)cc1COC(=O)c1ccc(OC)c([N+](=O)[O-])c1. The number of esters is 1. The number of rotatable bonds is 6. The second kappa shape index (κ2) is 7.65. The molecule has 7 nitrogen and oxygen atoms in total. The Morgan fingerprint density at radius 1 is 1.12 bits per heavy atom. The summed E-state index contributed by atoms with van der Waals surface area (Å²) in [4.78, 5) is 22.5. The van der Waals surface area contributed by atoms with Crippen molar-refractivity contribution in [3.63, 3.8) is 0 Å². The molecule has 2 rings (SSSR count). The molecule has 0 amide bonds. The molecule has 0 atom stereocenters. The van der Waals surface area contributed by atoms with Gasteiger partial charge in [0, 0.05) is 16.7 Å². The first-order valence-electron chi connectivity index (χ1n) is 6.78. The Morgan fingerprint density at radius 3 is 2.42 bits per heavy atom.